The minimum atomic E-state index is -1.22. The lowest BCUT2D eigenvalue weighted by molar-refractivity contribution is -0.123. The quantitative estimate of drug-likeness (QED) is 0.291. The fourth-order valence-electron chi connectivity index (χ4n) is 4.77. The zero-order valence-electron chi connectivity index (χ0n) is 23.3. The normalized spacial score (nSPS) is 21.3. The molecule has 0 saturated carbocycles. The molecule has 3 atom stereocenters. The van der Waals surface area contributed by atoms with Crippen molar-refractivity contribution in [2.45, 2.75) is 69.9 Å². The molecule has 13 heteroatoms. The highest BCUT2D eigenvalue weighted by molar-refractivity contribution is 6.76. The second kappa shape index (κ2) is 13.7. The van der Waals surface area contributed by atoms with Crippen LogP contribution in [0, 0.1) is 11.3 Å². The van der Waals surface area contributed by atoms with Crippen molar-refractivity contribution in [2.24, 2.45) is 0 Å². The Morgan fingerprint density at radius 2 is 2.10 bits per heavy atom. The molecule has 0 bridgehead atoms. The summed E-state index contributed by atoms with van der Waals surface area (Å²) in [5.41, 5.74) is 0.704. The topological polar surface area (TPSA) is 132 Å². The average Bonchev–Trinajstić information content (AvgIpc) is 3.39. The van der Waals surface area contributed by atoms with Crippen LogP contribution in [0.15, 0.2) is 29.5 Å². The molecule has 0 radical (unpaired) electrons. The first-order valence-electron chi connectivity index (χ1n) is 13.6. The molecule has 40 heavy (non-hydrogen) atoms. The van der Waals surface area contributed by atoms with E-state index < -0.39 is 19.7 Å². The van der Waals surface area contributed by atoms with Gasteiger partial charge >= 0.3 is 0 Å². The number of rotatable bonds is 12. The molecular weight excluding hydrogens is 552 g/mol. The van der Waals surface area contributed by atoms with E-state index in [1.54, 1.807) is 12.3 Å². The van der Waals surface area contributed by atoms with Gasteiger partial charge in [-0.15, -0.1) is 0 Å². The maximum Gasteiger partial charge on any atom is 0.291 e. The van der Waals surface area contributed by atoms with Crippen LogP contribution in [0.1, 0.15) is 24.8 Å². The lowest BCUT2D eigenvalue weighted by atomic mass is 10.00. The number of hydrogen-bond acceptors (Lipinski definition) is 10. The maximum absolute atomic E-state index is 13.3. The van der Waals surface area contributed by atoms with Gasteiger partial charge in [0.1, 0.15) is 25.4 Å². The molecule has 0 amide bonds. The number of nitriles is 1. The van der Waals surface area contributed by atoms with Crippen molar-refractivity contribution < 1.29 is 19.0 Å². The fraction of sp³-hybridized carbons (Fsp3) is 0.593. The summed E-state index contributed by atoms with van der Waals surface area (Å²) in [5.74, 6) is 0.255. The van der Waals surface area contributed by atoms with Gasteiger partial charge in [0.2, 0.25) is 0 Å². The predicted molar refractivity (Wildman–Crippen MR) is 154 cm³/mol. The van der Waals surface area contributed by atoms with E-state index in [-0.39, 0.29) is 48.5 Å². The number of halogens is 1. The van der Waals surface area contributed by atoms with E-state index in [0.29, 0.717) is 25.3 Å². The van der Waals surface area contributed by atoms with Crippen molar-refractivity contribution in [1.82, 2.24) is 20.1 Å². The molecule has 0 aliphatic carbocycles. The van der Waals surface area contributed by atoms with Crippen LogP contribution in [0.4, 0.5) is 5.69 Å². The van der Waals surface area contributed by atoms with Gasteiger partial charge in [0, 0.05) is 53.1 Å². The number of nitrogens with one attached hydrogen (secondary N) is 1. The maximum atomic E-state index is 13.3. The standard InChI is InChI=1S/C27H37ClN6O5Si/c1-40(2,3)11-10-37-18-34-27(36)26(28)25(16-32-34)38-17-21-5-4-20(39-21)12-24(35)23-15-31-8-9-33(23)22-6-7-30-14-19(22)13-29/h6-7,14,16,20-21,23,31H,4-5,8-12,15,17-18H2,1-3H3. The molecule has 11 nitrogen and oxygen atoms in total. The van der Waals surface area contributed by atoms with Crippen LogP contribution in [0.2, 0.25) is 30.7 Å². The number of anilines is 1. The van der Waals surface area contributed by atoms with Crippen LogP contribution in [0.5, 0.6) is 5.75 Å². The van der Waals surface area contributed by atoms with Crippen molar-refractivity contribution in [3.63, 3.8) is 0 Å². The van der Waals surface area contributed by atoms with Crippen molar-refractivity contribution >= 4 is 31.1 Å². The zero-order valence-corrected chi connectivity index (χ0v) is 25.0. The van der Waals surface area contributed by atoms with Crippen molar-refractivity contribution in [3.05, 3.63) is 45.6 Å². The summed E-state index contributed by atoms with van der Waals surface area (Å²) in [6, 6.07) is 4.56. The van der Waals surface area contributed by atoms with Crippen LogP contribution >= 0.6 is 11.6 Å². The third-order valence-electron chi connectivity index (χ3n) is 7.05. The summed E-state index contributed by atoms with van der Waals surface area (Å²) in [5, 5.41) is 16.9. The molecule has 0 spiro atoms. The van der Waals surface area contributed by atoms with E-state index in [0.717, 1.165) is 31.1 Å². The van der Waals surface area contributed by atoms with Crippen LogP contribution in [0.25, 0.3) is 0 Å². The van der Waals surface area contributed by atoms with Gasteiger partial charge in [-0.25, -0.2) is 4.68 Å². The SMILES string of the molecule is C[Si](C)(C)CCOCn1ncc(OCC2CCC(CC(=O)C3CNCCN3c3ccncc3C#N)O2)c(Cl)c1=O. The largest absolute Gasteiger partial charge is 0.487 e. The number of pyridine rings is 1. The lowest BCUT2D eigenvalue weighted by Crippen LogP contribution is -2.55. The van der Waals surface area contributed by atoms with Gasteiger partial charge in [-0.3, -0.25) is 14.6 Å². The Morgan fingerprint density at radius 1 is 1.30 bits per heavy atom. The number of ether oxygens (including phenoxy) is 3. The molecule has 1 N–H and O–H groups in total. The minimum absolute atomic E-state index is 0.0394. The van der Waals surface area contributed by atoms with Gasteiger partial charge in [-0.05, 0) is 25.0 Å². The highest BCUT2D eigenvalue weighted by atomic mass is 35.5. The summed E-state index contributed by atoms with van der Waals surface area (Å²) in [6.07, 6.45) is 5.83. The summed E-state index contributed by atoms with van der Waals surface area (Å²) < 4.78 is 18.7. The predicted octanol–water partition coefficient (Wildman–Crippen LogP) is 2.84. The Kier molecular flexibility index (Phi) is 10.3. The Morgan fingerprint density at radius 3 is 2.88 bits per heavy atom. The fourth-order valence-corrected chi connectivity index (χ4v) is 5.73. The first-order valence-corrected chi connectivity index (χ1v) is 17.7. The zero-order chi connectivity index (χ0) is 28.7. The third-order valence-corrected chi connectivity index (χ3v) is 9.11. The van der Waals surface area contributed by atoms with E-state index in [9.17, 15) is 14.9 Å². The molecule has 2 fully saturated rings. The van der Waals surface area contributed by atoms with Gasteiger partial charge in [0.25, 0.3) is 5.56 Å². The molecule has 2 aromatic rings. The smallest absolute Gasteiger partial charge is 0.291 e. The Bertz CT molecular complexity index is 1280. The highest BCUT2D eigenvalue weighted by Gasteiger charge is 2.34. The first kappa shape index (κ1) is 30.1. The summed E-state index contributed by atoms with van der Waals surface area (Å²) in [7, 11) is -1.22. The Labute approximate surface area is 240 Å². The van der Waals surface area contributed by atoms with Gasteiger partial charge in [-0.2, -0.15) is 10.4 Å². The number of carbonyl (C=O) groups excluding carboxylic acids is 1. The molecule has 2 aliphatic heterocycles. The molecule has 2 saturated heterocycles. The van der Waals surface area contributed by atoms with E-state index in [4.69, 9.17) is 25.8 Å². The lowest BCUT2D eigenvalue weighted by Gasteiger charge is -2.37. The van der Waals surface area contributed by atoms with Crippen molar-refractivity contribution in [1.29, 1.82) is 5.26 Å². The number of piperazine rings is 1. The minimum Gasteiger partial charge on any atom is -0.487 e. The number of nitrogens with zero attached hydrogens (tertiary/aromatic N) is 5. The van der Waals surface area contributed by atoms with Gasteiger partial charge in [0.05, 0.1) is 29.7 Å². The highest BCUT2D eigenvalue weighted by Crippen LogP contribution is 2.28. The molecule has 3 unspecified atom stereocenters. The van der Waals surface area contributed by atoms with E-state index >= 15 is 0 Å². The molecule has 4 heterocycles. The Balaban J connectivity index is 1.27. The van der Waals surface area contributed by atoms with Crippen LogP contribution in [0.3, 0.4) is 0 Å². The molecule has 2 aromatic heterocycles. The summed E-state index contributed by atoms with van der Waals surface area (Å²) in [4.78, 5) is 31.9. The number of Topliss-reactive ketones (excluding diaryl/α,β-unsaturated/α-hetero) is 1. The Hall–Kier alpha value is -2.82. The molecule has 2 aliphatic rings. The van der Waals surface area contributed by atoms with Gasteiger partial charge < -0.3 is 24.4 Å². The van der Waals surface area contributed by atoms with Gasteiger partial charge in [0.15, 0.2) is 16.6 Å². The first-order chi connectivity index (χ1) is 19.2. The van der Waals surface area contributed by atoms with Crippen LogP contribution in [-0.4, -0.2) is 79.7 Å². The molecule has 216 valence electrons. The average molecular weight is 589 g/mol. The number of ketones is 1. The van der Waals surface area contributed by atoms with Crippen LogP contribution in [-0.2, 0) is 21.0 Å². The third kappa shape index (κ3) is 7.89. The number of aromatic nitrogens is 3. The van der Waals surface area contributed by atoms with E-state index in [2.05, 4.69) is 41.1 Å². The van der Waals surface area contributed by atoms with E-state index in [1.165, 1.54) is 17.1 Å². The molecular formula is C27H37ClN6O5Si. The molecule has 4 rings (SSSR count). The number of hydrogen-bond donors (Lipinski definition) is 1. The summed E-state index contributed by atoms with van der Waals surface area (Å²) in [6.45, 7) is 9.44. The van der Waals surface area contributed by atoms with Gasteiger partial charge in [-0.1, -0.05) is 31.2 Å². The summed E-state index contributed by atoms with van der Waals surface area (Å²) >= 11 is 6.27. The molecule has 0 aromatic carbocycles. The second-order valence-corrected chi connectivity index (χ2v) is 17.3. The second-order valence-electron chi connectivity index (χ2n) is 11.3. The van der Waals surface area contributed by atoms with E-state index in [1.807, 2.05) is 4.90 Å². The monoisotopic (exact) mass is 588 g/mol. The van der Waals surface area contributed by atoms with Crippen molar-refractivity contribution in [3.8, 4) is 11.8 Å². The number of carbonyl (C=O) groups is 1. The van der Waals surface area contributed by atoms with Crippen LogP contribution < -0.4 is 20.5 Å². The van der Waals surface area contributed by atoms with Crippen molar-refractivity contribution in [2.75, 3.05) is 37.7 Å².